The highest BCUT2D eigenvalue weighted by Crippen LogP contribution is 2.33. The highest BCUT2D eigenvalue weighted by Gasteiger charge is 2.31. The number of halogens is 4. The topological polar surface area (TPSA) is 124 Å². The number of carbonyl (C=O) groups is 1. The highest BCUT2D eigenvalue weighted by atomic mass is 32.2. The Morgan fingerprint density at radius 3 is 2.21 bits per heavy atom. The first-order valence-corrected chi connectivity index (χ1v) is 10.4. The zero-order chi connectivity index (χ0) is 24.7. The third-order valence-electron chi connectivity index (χ3n) is 4.45. The fourth-order valence-electron chi connectivity index (χ4n) is 2.72. The minimum absolute atomic E-state index is 0.0103. The van der Waals surface area contributed by atoms with Gasteiger partial charge in [0.05, 0.1) is 5.39 Å². The molecule has 178 valence electrons. The van der Waals surface area contributed by atoms with E-state index >= 15 is 0 Å². The van der Waals surface area contributed by atoms with Gasteiger partial charge in [-0.05, 0) is 24.6 Å². The first-order valence-electron chi connectivity index (χ1n) is 9.04. The molecule has 0 amide bonds. The van der Waals surface area contributed by atoms with Crippen molar-refractivity contribution in [3.05, 3.63) is 64.4 Å². The summed E-state index contributed by atoms with van der Waals surface area (Å²) in [4.78, 5) is 17.2. The van der Waals surface area contributed by atoms with Gasteiger partial charge in [-0.3, -0.25) is 0 Å². The first kappa shape index (κ1) is 24.4. The van der Waals surface area contributed by atoms with Crippen molar-refractivity contribution in [2.24, 2.45) is 5.73 Å². The van der Waals surface area contributed by atoms with Crippen LogP contribution in [0.4, 0.5) is 17.6 Å². The van der Waals surface area contributed by atoms with Crippen LogP contribution >= 0.6 is 0 Å². The number of hydrogen-bond acceptors (Lipinski definition) is 8. The van der Waals surface area contributed by atoms with Crippen LogP contribution in [0.25, 0.3) is 11.0 Å². The van der Waals surface area contributed by atoms with E-state index in [1.807, 2.05) is 0 Å². The van der Waals surface area contributed by atoms with Crippen LogP contribution in [-0.2, 0) is 15.1 Å². The van der Waals surface area contributed by atoms with Gasteiger partial charge in [-0.2, -0.15) is 17.1 Å². The van der Waals surface area contributed by atoms with Gasteiger partial charge in [-0.1, -0.05) is 12.1 Å². The van der Waals surface area contributed by atoms with Crippen LogP contribution in [0.15, 0.2) is 28.7 Å². The highest BCUT2D eigenvalue weighted by molar-refractivity contribution is 7.84. The molecule has 0 unspecified atom stereocenters. The molecule has 0 saturated heterocycles. The predicted molar refractivity (Wildman–Crippen MR) is 106 cm³/mol. The summed E-state index contributed by atoms with van der Waals surface area (Å²) in [7, 11) is -1.39. The number of hydrogen-bond donors (Lipinski definition) is 2. The number of aryl methyl sites for hydroxylation is 1. The second kappa shape index (κ2) is 8.97. The van der Waals surface area contributed by atoms with Crippen LogP contribution in [0.5, 0.6) is 5.75 Å². The third kappa shape index (κ3) is 4.64. The van der Waals surface area contributed by atoms with Gasteiger partial charge in [-0.25, -0.2) is 18.0 Å². The molecule has 0 bridgehead atoms. The molecule has 2 aromatic carbocycles. The predicted octanol–water partition coefficient (Wildman–Crippen LogP) is 2.80. The van der Waals surface area contributed by atoms with E-state index < -0.39 is 62.2 Å². The molecule has 0 saturated carbocycles. The largest absolute Gasteiger partial charge is 0.457 e. The van der Waals surface area contributed by atoms with Gasteiger partial charge in [0.1, 0.15) is 23.2 Å². The van der Waals surface area contributed by atoms with Crippen molar-refractivity contribution in [1.82, 2.24) is 9.79 Å². The molecule has 14 heteroatoms. The fraction of sp³-hybridized carbons (Fsp3) is 0.211. The molecule has 0 fully saturated rings. The summed E-state index contributed by atoms with van der Waals surface area (Å²) in [5.74, 6) is -9.48. The molecule has 1 heterocycles. The van der Waals surface area contributed by atoms with Gasteiger partial charge in [0, 0.05) is 14.1 Å². The summed E-state index contributed by atoms with van der Waals surface area (Å²) in [5, 5.41) is -0.923. The Morgan fingerprint density at radius 2 is 1.64 bits per heavy atom. The second-order valence-corrected chi connectivity index (χ2v) is 8.62. The lowest BCUT2D eigenvalue weighted by Crippen LogP contribution is -2.31. The van der Waals surface area contributed by atoms with E-state index in [0.717, 1.165) is 11.2 Å². The van der Waals surface area contributed by atoms with E-state index in [9.17, 15) is 30.8 Å². The van der Waals surface area contributed by atoms with Crippen molar-refractivity contribution in [2.75, 3.05) is 14.1 Å². The van der Waals surface area contributed by atoms with Gasteiger partial charge < -0.3 is 19.2 Å². The quantitative estimate of drug-likeness (QED) is 0.170. The lowest BCUT2D eigenvalue weighted by molar-refractivity contribution is 0.0157. The molecule has 3 N–H and O–H groups in total. The maximum atomic E-state index is 14.2. The van der Waals surface area contributed by atoms with E-state index in [1.54, 1.807) is 0 Å². The van der Waals surface area contributed by atoms with Gasteiger partial charge in [0.2, 0.25) is 11.6 Å². The van der Waals surface area contributed by atoms with Crippen LogP contribution in [0.2, 0.25) is 0 Å². The first-order chi connectivity index (χ1) is 15.3. The summed E-state index contributed by atoms with van der Waals surface area (Å²) >= 11 is 0. The second-order valence-electron chi connectivity index (χ2n) is 6.87. The van der Waals surface area contributed by atoms with E-state index in [-0.39, 0.29) is 11.5 Å². The summed E-state index contributed by atoms with van der Waals surface area (Å²) in [5.41, 5.74) is 6.67. The maximum absolute atomic E-state index is 14.2. The molecule has 0 spiro atoms. The molecule has 0 aliphatic heterocycles. The fourth-order valence-corrected chi connectivity index (χ4v) is 3.22. The van der Waals surface area contributed by atoms with Crippen molar-refractivity contribution in [3.63, 3.8) is 0 Å². The Kier molecular flexibility index (Phi) is 6.65. The lowest BCUT2D eigenvalue weighted by Gasteiger charge is -2.15. The van der Waals surface area contributed by atoms with Gasteiger partial charge in [0.25, 0.3) is 0 Å². The number of rotatable bonds is 7. The van der Waals surface area contributed by atoms with Crippen molar-refractivity contribution >= 4 is 27.2 Å². The zero-order valence-corrected chi connectivity index (χ0v) is 18.1. The monoisotopic (exact) mass is 491 g/mol. The number of nitrogens with one attached hydrogen (secondary N) is 1. The lowest BCUT2D eigenvalue weighted by atomic mass is 10.1. The zero-order valence-electron chi connectivity index (χ0n) is 17.3. The number of carbonyl (C=O) groups excluding carboxylic acids is 1. The molecule has 1 aromatic heterocycles. The minimum Gasteiger partial charge on any atom is -0.457 e. The van der Waals surface area contributed by atoms with Crippen molar-refractivity contribution < 1.29 is 44.2 Å². The molecule has 1 atom stereocenters. The number of benzene rings is 2. The summed E-state index contributed by atoms with van der Waals surface area (Å²) in [6.45, 7) is 1.14. The van der Waals surface area contributed by atoms with Crippen molar-refractivity contribution in [2.45, 2.75) is 13.1 Å². The number of furan rings is 1. The number of nitrogens with zero attached hydrogens (tertiary/aromatic N) is 1. The molecule has 0 aliphatic carbocycles. The van der Waals surface area contributed by atoms with Gasteiger partial charge in [-0.15, -0.1) is 5.48 Å². The number of fused-ring (bicyclic) bond motifs is 1. The van der Waals surface area contributed by atoms with Gasteiger partial charge >= 0.3 is 16.3 Å². The third-order valence-corrected chi connectivity index (χ3v) is 5.75. The SMILES string of the molecule is Cc1oc2c(F)c(F)c(F)c(F)c2c1C(=O)ON[C@H](N)c1ccc(OS(=O)(=O)N(C)C)cc1. The molecule has 0 aliphatic rings. The van der Waals surface area contributed by atoms with Crippen LogP contribution < -0.4 is 15.4 Å². The molecule has 3 aromatic rings. The summed E-state index contributed by atoms with van der Waals surface area (Å²) in [6, 6.07) is 5.33. The standard InChI is InChI=1S/C19H17F4N3O6S/c1-8-11(12-13(20)14(21)15(22)16(23)17(12)30-8)19(27)31-25-18(24)9-4-6-10(7-5-9)32-33(28,29)26(2)3/h4-7,18,25H,24H2,1-3H3/t18-/m0/s1. The molecule has 33 heavy (non-hydrogen) atoms. The summed E-state index contributed by atoms with van der Waals surface area (Å²) < 4.78 is 89.2. The average Bonchev–Trinajstić information content (AvgIpc) is 3.11. The Balaban J connectivity index is 1.76. The Morgan fingerprint density at radius 1 is 1.06 bits per heavy atom. The van der Waals surface area contributed by atoms with Crippen molar-refractivity contribution in [3.8, 4) is 5.75 Å². The molecular formula is C19H17F4N3O6S. The molecule has 3 rings (SSSR count). The number of nitrogens with two attached hydrogens (primary N) is 1. The van der Waals surface area contributed by atoms with E-state index in [1.165, 1.54) is 38.4 Å². The molecule has 0 radical (unpaired) electrons. The normalized spacial score (nSPS) is 12.9. The van der Waals surface area contributed by atoms with Crippen molar-refractivity contribution in [1.29, 1.82) is 0 Å². The van der Waals surface area contributed by atoms with Crippen LogP contribution in [0.3, 0.4) is 0 Å². The minimum atomic E-state index is -3.96. The maximum Gasteiger partial charge on any atom is 0.384 e. The van der Waals surface area contributed by atoms with E-state index in [0.29, 0.717) is 5.56 Å². The summed E-state index contributed by atoms with van der Waals surface area (Å²) in [6.07, 6.45) is -1.15. The molecule has 9 nitrogen and oxygen atoms in total. The molecular weight excluding hydrogens is 474 g/mol. The number of hydroxylamine groups is 1. The average molecular weight is 491 g/mol. The van der Waals surface area contributed by atoms with E-state index in [4.69, 9.17) is 19.2 Å². The Labute approximate surface area is 184 Å². The smallest absolute Gasteiger partial charge is 0.384 e. The Hall–Kier alpha value is -3.20. The Bertz CT molecular complexity index is 1330. The van der Waals surface area contributed by atoms with Crippen LogP contribution in [0.1, 0.15) is 27.8 Å². The van der Waals surface area contributed by atoms with Crippen LogP contribution in [-0.4, -0.2) is 32.8 Å². The van der Waals surface area contributed by atoms with Crippen LogP contribution in [0, 0.1) is 30.2 Å². The van der Waals surface area contributed by atoms with Gasteiger partial charge in [0.15, 0.2) is 17.2 Å². The van der Waals surface area contributed by atoms with E-state index in [2.05, 4.69) is 5.48 Å².